The third kappa shape index (κ3) is 5.99. The maximum Gasteiger partial charge on any atom is 0.410 e. The summed E-state index contributed by atoms with van der Waals surface area (Å²) < 4.78 is 5.78. The lowest BCUT2D eigenvalue weighted by Crippen LogP contribution is -2.48. The predicted molar refractivity (Wildman–Crippen MR) is 142 cm³/mol. The molecule has 2 amide bonds. The second-order valence-electron chi connectivity index (χ2n) is 11.3. The number of piperazine rings is 1. The van der Waals surface area contributed by atoms with Gasteiger partial charge in [0.05, 0.1) is 12.6 Å². The summed E-state index contributed by atoms with van der Waals surface area (Å²) in [7, 11) is 1.92. The average molecular weight is 497 g/mol. The van der Waals surface area contributed by atoms with Gasteiger partial charge in [-0.2, -0.15) is 0 Å². The number of ether oxygens (including phenoxy) is 1. The fraction of sp³-hybridized carbons (Fsp3) is 0.724. The zero-order chi connectivity index (χ0) is 24.9. The molecule has 0 N–H and O–H groups in total. The van der Waals surface area contributed by atoms with Crippen molar-refractivity contribution >= 4 is 17.7 Å². The summed E-state index contributed by atoms with van der Waals surface area (Å²) in [4.78, 5) is 33.7. The van der Waals surface area contributed by atoms with E-state index >= 15 is 0 Å². The number of carbonyl (C=O) groups is 2. The summed E-state index contributed by atoms with van der Waals surface area (Å²) in [5.41, 5.74) is 3.93. The normalized spacial score (nSPS) is 23.6. The van der Waals surface area contributed by atoms with Crippen LogP contribution >= 0.6 is 0 Å². The van der Waals surface area contributed by atoms with Crippen molar-refractivity contribution in [2.75, 3.05) is 64.4 Å². The molecule has 0 spiro atoms. The molecule has 0 aromatic heterocycles. The number of hydrogen-bond donors (Lipinski definition) is 0. The van der Waals surface area contributed by atoms with Gasteiger partial charge in [-0.25, -0.2) is 4.79 Å². The van der Waals surface area contributed by atoms with Gasteiger partial charge in [-0.05, 0) is 67.7 Å². The van der Waals surface area contributed by atoms with Gasteiger partial charge < -0.3 is 19.4 Å². The molecule has 1 aromatic carbocycles. The number of rotatable bonds is 7. The van der Waals surface area contributed by atoms with Crippen molar-refractivity contribution in [3.8, 4) is 0 Å². The molecule has 2 heterocycles. The number of amides is 2. The van der Waals surface area contributed by atoms with Crippen LogP contribution in [0.1, 0.15) is 75.0 Å². The van der Waals surface area contributed by atoms with Crippen molar-refractivity contribution in [3.05, 3.63) is 29.3 Å². The van der Waals surface area contributed by atoms with Crippen LogP contribution < -0.4 is 4.90 Å². The molecule has 0 radical (unpaired) electrons. The van der Waals surface area contributed by atoms with E-state index in [1.54, 1.807) is 0 Å². The van der Waals surface area contributed by atoms with Crippen molar-refractivity contribution < 1.29 is 14.3 Å². The van der Waals surface area contributed by atoms with Crippen LogP contribution in [0.3, 0.4) is 0 Å². The number of hydrogen-bond acceptors (Lipinski definition) is 5. The van der Waals surface area contributed by atoms with E-state index in [9.17, 15) is 9.59 Å². The molecule has 1 atom stereocenters. The van der Waals surface area contributed by atoms with Crippen LogP contribution in [0.25, 0.3) is 0 Å². The van der Waals surface area contributed by atoms with E-state index in [0.29, 0.717) is 18.4 Å². The molecule has 1 aromatic rings. The first-order chi connectivity index (χ1) is 17.6. The van der Waals surface area contributed by atoms with E-state index in [0.717, 1.165) is 77.9 Å². The molecule has 1 unspecified atom stereocenters. The first-order valence-corrected chi connectivity index (χ1v) is 14.4. The number of nitrogens with zero attached hydrogens (tertiary/aromatic N) is 4. The molecule has 4 aliphatic rings. The maximum atomic E-state index is 13.0. The summed E-state index contributed by atoms with van der Waals surface area (Å²) >= 11 is 0. The minimum atomic E-state index is -0.172. The number of likely N-dealkylation sites (tertiary alicyclic amines) is 1. The lowest BCUT2D eigenvalue weighted by Gasteiger charge is -2.38. The van der Waals surface area contributed by atoms with E-state index in [1.807, 2.05) is 16.8 Å². The second kappa shape index (κ2) is 11.8. The van der Waals surface area contributed by atoms with Gasteiger partial charge in [-0.15, -0.1) is 0 Å². The van der Waals surface area contributed by atoms with Crippen molar-refractivity contribution in [2.24, 2.45) is 5.92 Å². The summed E-state index contributed by atoms with van der Waals surface area (Å²) in [6.45, 7) is 7.37. The first-order valence-electron chi connectivity index (χ1n) is 14.4. The van der Waals surface area contributed by atoms with E-state index < -0.39 is 0 Å². The Morgan fingerprint density at radius 2 is 1.75 bits per heavy atom. The fourth-order valence-electron chi connectivity index (χ4n) is 6.56. The van der Waals surface area contributed by atoms with Crippen LogP contribution in [0.5, 0.6) is 0 Å². The van der Waals surface area contributed by atoms with Gasteiger partial charge >= 0.3 is 6.09 Å². The molecule has 5 rings (SSSR count). The molecule has 0 bridgehead atoms. The number of fused-ring (bicyclic) bond motifs is 1. The number of benzene rings is 1. The van der Waals surface area contributed by atoms with E-state index in [2.05, 4.69) is 28.0 Å². The molecule has 2 aliphatic carbocycles. The van der Waals surface area contributed by atoms with Crippen LogP contribution in [-0.4, -0.2) is 86.2 Å². The summed E-state index contributed by atoms with van der Waals surface area (Å²) in [5, 5.41) is 0. The lowest BCUT2D eigenvalue weighted by molar-refractivity contribution is -0.127. The van der Waals surface area contributed by atoms with Crippen molar-refractivity contribution in [1.29, 1.82) is 0 Å². The molecule has 1 saturated carbocycles. The highest BCUT2D eigenvalue weighted by atomic mass is 16.6. The monoisotopic (exact) mass is 496 g/mol. The van der Waals surface area contributed by atoms with Gasteiger partial charge in [-0.3, -0.25) is 9.69 Å². The van der Waals surface area contributed by atoms with Crippen LogP contribution in [0.4, 0.5) is 10.5 Å². The Morgan fingerprint density at radius 1 is 0.944 bits per heavy atom. The fourth-order valence-corrected chi connectivity index (χ4v) is 6.56. The lowest BCUT2D eigenvalue weighted by atomic mass is 9.86. The summed E-state index contributed by atoms with van der Waals surface area (Å²) in [6, 6.07) is 6.97. The molecule has 2 saturated heterocycles. The van der Waals surface area contributed by atoms with Crippen LogP contribution in [-0.2, 0) is 16.0 Å². The van der Waals surface area contributed by atoms with Crippen LogP contribution in [0, 0.1) is 5.92 Å². The van der Waals surface area contributed by atoms with Crippen molar-refractivity contribution in [1.82, 2.24) is 14.7 Å². The van der Waals surface area contributed by atoms with Gasteiger partial charge in [-0.1, -0.05) is 25.3 Å². The van der Waals surface area contributed by atoms with Crippen molar-refractivity contribution in [2.45, 2.75) is 70.3 Å². The number of aryl methyl sites for hydroxylation is 1. The molecular weight excluding hydrogens is 452 g/mol. The predicted octanol–water partition coefficient (Wildman–Crippen LogP) is 4.46. The highest BCUT2D eigenvalue weighted by Crippen LogP contribution is 2.36. The summed E-state index contributed by atoms with van der Waals surface area (Å²) in [5.74, 6) is 0.857. The quantitative estimate of drug-likeness (QED) is 0.558. The van der Waals surface area contributed by atoms with Crippen molar-refractivity contribution in [3.63, 3.8) is 0 Å². The van der Waals surface area contributed by atoms with Crippen LogP contribution in [0.15, 0.2) is 18.2 Å². The molecule has 36 heavy (non-hydrogen) atoms. The summed E-state index contributed by atoms with van der Waals surface area (Å²) in [6.07, 6.45) is 11.0. The average Bonchev–Trinajstić information content (AvgIpc) is 3.34. The van der Waals surface area contributed by atoms with Crippen LogP contribution in [0.2, 0.25) is 0 Å². The largest absolute Gasteiger partial charge is 0.449 e. The van der Waals surface area contributed by atoms with E-state index in [-0.39, 0.29) is 12.1 Å². The third-order valence-corrected chi connectivity index (χ3v) is 8.93. The maximum absolute atomic E-state index is 13.0. The highest BCUT2D eigenvalue weighted by molar-refractivity contribution is 5.78. The molecule has 7 heteroatoms. The van der Waals surface area contributed by atoms with Gasteiger partial charge in [0.2, 0.25) is 5.91 Å². The molecular formula is C29H44N4O3. The Bertz CT molecular complexity index is 908. The Labute approximate surface area is 216 Å². The number of anilines is 1. The Morgan fingerprint density at radius 3 is 2.50 bits per heavy atom. The van der Waals surface area contributed by atoms with Gasteiger partial charge in [0.1, 0.15) is 0 Å². The minimum absolute atomic E-state index is 0.0897. The standard InChI is InChI=1S/C29H44N4O3/c1-30(29(35)36-22-23-7-3-2-4-8-23)27-10-5-9-24-12-13-25(21-26(24)27)32-18-15-31(16-19-32)17-20-33-14-6-11-28(33)34/h12-13,21,23,27H,2-11,14-20,22H2,1H3. The SMILES string of the molecule is CN(C(=O)OCC1CCCCC1)C1CCCc2ccc(N3CCN(CCN4CCCC4=O)CC3)cc21. The second-order valence-corrected chi connectivity index (χ2v) is 11.3. The Balaban J connectivity index is 1.16. The molecule has 2 aliphatic heterocycles. The smallest absolute Gasteiger partial charge is 0.410 e. The zero-order valence-electron chi connectivity index (χ0n) is 22.1. The first kappa shape index (κ1) is 25.4. The topological polar surface area (TPSA) is 56.3 Å². The van der Waals surface area contributed by atoms with Gasteiger partial charge in [0.25, 0.3) is 0 Å². The highest BCUT2D eigenvalue weighted by Gasteiger charge is 2.30. The van der Waals surface area contributed by atoms with Gasteiger partial charge in [0, 0.05) is 65.0 Å². The molecule has 3 fully saturated rings. The Kier molecular flexibility index (Phi) is 8.35. The molecule has 7 nitrogen and oxygen atoms in total. The van der Waals surface area contributed by atoms with Gasteiger partial charge in [0.15, 0.2) is 0 Å². The van der Waals surface area contributed by atoms with E-state index in [4.69, 9.17) is 4.74 Å². The zero-order valence-corrected chi connectivity index (χ0v) is 22.1. The Hall–Kier alpha value is -2.28. The third-order valence-electron chi connectivity index (χ3n) is 8.93. The molecule has 198 valence electrons. The minimum Gasteiger partial charge on any atom is -0.449 e. The number of carbonyl (C=O) groups excluding carboxylic acids is 2. The van der Waals surface area contributed by atoms with E-state index in [1.165, 1.54) is 48.9 Å².